The molecule has 0 aliphatic carbocycles. The molecule has 0 saturated carbocycles. The Morgan fingerprint density at radius 1 is 1.31 bits per heavy atom. The van der Waals surface area contributed by atoms with Crippen LogP contribution in [-0.4, -0.2) is 7.11 Å². The van der Waals surface area contributed by atoms with Crippen molar-refractivity contribution in [2.75, 3.05) is 7.11 Å². The van der Waals surface area contributed by atoms with Gasteiger partial charge in [-0.2, -0.15) is 0 Å². The third kappa shape index (κ3) is 3.45. The first-order valence-corrected chi connectivity index (χ1v) is 5.35. The summed E-state index contributed by atoms with van der Waals surface area (Å²) in [5.41, 5.74) is 6.38. The van der Waals surface area contributed by atoms with Crippen molar-refractivity contribution in [1.29, 1.82) is 0 Å². The van der Waals surface area contributed by atoms with Crippen LogP contribution in [-0.2, 0) is 6.42 Å². The topological polar surface area (TPSA) is 9.23 Å². The number of aryl methyl sites for hydroxylation is 1. The second-order valence-corrected chi connectivity index (χ2v) is 3.78. The molecule has 0 atom stereocenters. The van der Waals surface area contributed by atoms with E-state index in [4.69, 9.17) is 4.74 Å². The molecule has 16 heavy (non-hydrogen) atoms. The SMILES string of the molecule is C=C=C(CCc1ccc(OC)cc1)C(=C)C. The lowest BCUT2D eigenvalue weighted by atomic mass is 10.0. The fraction of sp³-hybridized carbons (Fsp3) is 0.267. The molecular formula is C15H18O. The van der Waals surface area contributed by atoms with Gasteiger partial charge >= 0.3 is 0 Å². The number of methoxy groups -OCH3 is 1. The Hall–Kier alpha value is -1.72. The third-order valence-electron chi connectivity index (χ3n) is 2.55. The highest BCUT2D eigenvalue weighted by molar-refractivity contribution is 5.30. The Bertz CT molecular complexity index is 406. The molecule has 0 spiro atoms. The number of ether oxygens (including phenoxy) is 1. The van der Waals surface area contributed by atoms with Crippen LogP contribution in [0, 0.1) is 0 Å². The first kappa shape index (κ1) is 12.4. The highest BCUT2D eigenvalue weighted by atomic mass is 16.5. The predicted molar refractivity (Wildman–Crippen MR) is 68.8 cm³/mol. The summed E-state index contributed by atoms with van der Waals surface area (Å²) in [6.07, 6.45) is 1.92. The van der Waals surface area contributed by atoms with Crippen molar-refractivity contribution in [3.63, 3.8) is 0 Å². The Labute approximate surface area is 97.8 Å². The summed E-state index contributed by atoms with van der Waals surface area (Å²) in [5, 5.41) is 0. The Kier molecular flexibility index (Phi) is 4.63. The maximum Gasteiger partial charge on any atom is 0.118 e. The molecule has 0 bridgehead atoms. The zero-order valence-electron chi connectivity index (χ0n) is 10.0. The van der Waals surface area contributed by atoms with Gasteiger partial charge in [-0.05, 0) is 48.6 Å². The molecule has 0 aromatic heterocycles. The van der Waals surface area contributed by atoms with Gasteiger partial charge in [0.1, 0.15) is 5.75 Å². The monoisotopic (exact) mass is 214 g/mol. The summed E-state index contributed by atoms with van der Waals surface area (Å²) in [4.78, 5) is 0. The van der Waals surface area contributed by atoms with E-state index in [9.17, 15) is 0 Å². The number of rotatable bonds is 5. The predicted octanol–water partition coefficient (Wildman–Crippen LogP) is 3.92. The molecule has 0 N–H and O–H groups in total. The number of hydrogen-bond acceptors (Lipinski definition) is 1. The second-order valence-electron chi connectivity index (χ2n) is 3.78. The van der Waals surface area contributed by atoms with Crippen LogP contribution < -0.4 is 4.74 Å². The van der Waals surface area contributed by atoms with E-state index < -0.39 is 0 Å². The minimum Gasteiger partial charge on any atom is -0.497 e. The average Bonchev–Trinajstić information content (AvgIpc) is 2.30. The largest absolute Gasteiger partial charge is 0.497 e. The van der Waals surface area contributed by atoms with Crippen LogP contribution in [0.25, 0.3) is 0 Å². The Balaban J connectivity index is 2.61. The Morgan fingerprint density at radius 3 is 2.38 bits per heavy atom. The minimum absolute atomic E-state index is 0.892. The van der Waals surface area contributed by atoms with E-state index in [0.717, 1.165) is 29.7 Å². The van der Waals surface area contributed by atoms with Crippen LogP contribution in [0.5, 0.6) is 5.75 Å². The number of benzene rings is 1. The summed E-state index contributed by atoms with van der Waals surface area (Å²) in [5.74, 6) is 0.892. The van der Waals surface area contributed by atoms with Gasteiger partial charge in [0, 0.05) is 0 Å². The standard InChI is InChI=1S/C15H18O/c1-5-14(12(2)3)9-6-13-7-10-15(16-4)11-8-13/h7-8,10-11H,1-2,6,9H2,3-4H3. The maximum atomic E-state index is 5.11. The minimum atomic E-state index is 0.892. The maximum absolute atomic E-state index is 5.11. The van der Waals surface area contributed by atoms with E-state index >= 15 is 0 Å². The van der Waals surface area contributed by atoms with Gasteiger partial charge in [0.2, 0.25) is 0 Å². The lowest BCUT2D eigenvalue weighted by molar-refractivity contribution is 0.414. The van der Waals surface area contributed by atoms with Gasteiger partial charge in [0.15, 0.2) is 0 Å². The van der Waals surface area contributed by atoms with Gasteiger partial charge < -0.3 is 4.74 Å². The summed E-state index contributed by atoms with van der Waals surface area (Å²) in [6.45, 7) is 9.57. The molecule has 0 amide bonds. The molecule has 0 fully saturated rings. The molecule has 0 aliphatic rings. The van der Waals surface area contributed by atoms with Crippen LogP contribution >= 0.6 is 0 Å². The number of hydrogen-bond donors (Lipinski definition) is 0. The van der Waals surface area contributed by atoms with Crippen LogP contribution in [0.4, 0.5) is 0 Å². The van der Waals surface area contributed by atoms with Crippen LogP contribution in [0.1, 0.15) is 18.9 Å². The van der Waals surface area contributed by atoms with Crippen LogP contribution in [0.15, 0.2) is 54.3 Å². The van der Waals surface area contributed by atoms with E-state index in [2.05, 4.69) is 31.0 Å². The summed E-state index contributed by atoms with van der Waals surface area (Å²) < 4.78 is 5.11. The van der Waals surface area contributed by atoms with Gasteiger partial charge in [0.25, 0.3) is 0 Å². The van der Waals surface area contributed by atoms with Crippen molar-refractivity contribution in [1.82, 2.24) is 0 Å². The average molecular weight is 214 g/mol. The molecular weight excluding hydrogens is 196 g/mol. The molecule has 1 rings (SSSR count). The smallest absolute Gasteiger partial charge is 0.118 e. The summed E-state index contributed by atoms with van der Waals surface area (Å²) >= 11 is 0. The van der Waals surface area contributed by atoms with Gasteiger partial charge in [-0.15, -0.1) is 5.73 Å². The van der Waals surface area contributed by atoms with Crippen molar-refractivity contribution in [2.24, 2.45) is 0 Å². The van der Waals surface area contributed by atoms with Gasteiger partial charge in [-0.25, -0.2) is 0 Å². The van der Waals surface area contributed by atoms with E-state index in [1.807, 2.05) is 19.1 Å². The molecule has 1 nitrogen and oxygen atoms in total. The Morgan fingerprint density at radius 2 is 1.94 bits per heavy atom. The van der Waals surface area contributed by atoms with E-state index in [1.54, 1.807) is 7.11 Å². The van der Waals surface area contributed by atoms with Gasteiger partial charge in [0.05, 0.1) is 7.11 Å². The van der Waals surface area contributed by atoms with Crippen molar-refractivity contribution >= 4 is 0 Å². The molecule has 1 aromatic carbocycles. The first-order chi connectivity index (χ1) is 7.67. The zero-order valence-corrected chi connectivity index (χ0v) is 10.0. The molecule has 0 aliphatic heterocycles. The van der Waals surface area contributed by atoms with Crippen molar-refractivity contribution in [3.05, 3.63) is 59.9 Å². The molecule has 0 radical (unpaired) electrons. The van der Waals surface area contributed by atoms with E-state index in [0.29, 0.717) is 0 Å². The molecule has 1 aromatic rings. The normalized spacial score (nSPS) is 9.38. The van der Waals surface area contributed by atoms with Crippen molar-refractivity contribution in [2.45, 2.75) is 19.8 Å². The zero-order chi connectivity index (χ0) is 12.0. The fourth-order valence-corrected chi connectivity index (χ4v) is 1.51. The second kappa shape index (κ2) is 5.99. The fourth-order valence-electron chi connectivity index (χ4n) is 1.51. The molecule has 0 heterocycles. The highest BCUT2D eigenvalue weighted by Crippen LogP contribution is 2.16. The first-order valence-electron chi connectivity index (χ1n) is 5.35. The molecule has 1 heteroatoms. The van der Waals surface area contributed by atoms with Crippen molar-refractivity contribution in [3.8, 4) is 5.75 Å². The molecule has 84 valence electrons. The molecule has 0 saturated heterocycles. The lowest BCUT2D eigenvalue weighted by Crippen LogP contribution is -1.90. The van der Waals surface area contributed by atoms with Gasteiger partial charge in [-0.1, -0.05) is 25.3 Å². The van der Waals surface area contributed by atoms with E-state index in [-0.39, 0.29) is 0 Å². The summed E-state index contributed by atoms with van der Waals surface area (Å²) in [6, 6.07) is 8.12. The van der Waals surface area contributed by atoms with Gasteiger partial charge in [-0.3, -0.25) is 0 Å². The van der Waals surface area contributed by atoms with Crippen LogP contribution in [0.3, 0.4) is 0 Å². The van der Waals surface area contributed by atoms with Crippen molar-refractivity contribution < 1.29 is 4.74 Å². The highest BCUT2D eigenvalue weighted by Gasteiger charge is 1.99. The third-order valence-corrected chi connectivity index (χ3v) is 2.55. The van der Waals surface area contributed by atoms with E-state index in [1.165, 1.54) is 5.56 Å². The summed E-state index contributed by atoms with van der Waals surface area (Å²) in [7, 11) is 1.68. The van der Waals surface area contributed by atoms with Crippen LogP contribution in [0.2, 0.25) is 0 Å². The number of allylic oxidation sites excluding steroid dienone is 2. The quantitative estimate of drug-likeness (QED) is 0.533. The lowest BCUT2D eigenvalue weighted by Gasteiger charge is -2.05. The molecule has 0 unspecified atom stereocenters.